The topological polar surface area (TPSA) is 113 Å². The Labute approximate surface area is 308 Å². The Bertz CT molecular complexity index is 2510. The minimum Gasteiger partial charge on any atom is -0.348 e. The number of aromatic nitrogens is 3. The van der Waals surface area contributed by atoms with Crippen LogP contribution in [0.5, 0.6) is 0 Å². The summed E-state index contributed by atoms with van der Waals surface area (Å²) in [6.07, 6.45) is -5.49. The SMILES string of the molecule is N#Cc1ccc(C#Cc2ccc(-c3ccc4c(c3)C(=O)NC4)c([C@H](Cc3cc(F)cc(F)c3)NC(=O)Cn3nc(C(F)(F)F)c4c3C(F)(F)[C@@H]3C[C@H]43)n2)cc1. The molecule has 8 nitrogen and oxygen atoms in total. The van der Waals surface area contributed by atoms with Crippen LogP contribution in [0.3, 0.4) is 0 Å². The Morgan fingerprint density at radius 3 is 2.42 bits per heavy atom. The smallest absolute Gasteiger partial charge is 0.348 e. The van der Waals surface area contributed by atoms with Gasteiger partial charge in [-0.05, 0) is 96.0 Å². The van der Waals surface area contributed by atoms with E-state index in [1.165, 1.54) is 0 Å². The molecule has 3 atom stereocenters. The molecule has 8 rings (SSSR count). The average Bonchev–Trinajstić information content (AvgIpc) is 3.65. The monoisotopic (exact) mass is 754 g/mol. The molecule has 3 heterocycles. The largest absolute Gasteiger partial charge is 0.435 e. The van der Waals surface area contributed by atoms with Crippen LogP contribution in [0.4, 0.5) is 30.7 Å². The highest BCUT2D eigenvalue weighted by Gasteiger charge is 2.68. The van der Waals surface area contributed by atoms with E-state index in [1.54, 1.807) is 54.6 Å². The molecule has 0 bridgehead atoms. The van der Waals surface area contributed by atoms with E-state index in [-0.39, 0.29) is 35.7 Å². The number of nitrogens with one attached hydrogen (secondary N) is 2. The Morgan fingerprint density at radius 1 is 0.982 bits per heavy atom. The number of carbonyl (C=O) groups excluding carboxylic acids is 2. The van der Waals surface area contributed by atoms with Crippen LogP contribution >= 0.6 is 0 Å². The van der Waals surface area contributed by atoms with Gasteiger partial charge in [0.2, 0.25) is 5.91 Å². The molecule has 2 amide bonds. The zero-order valence-corrected chi connectivity index (χ0v) is 28.2. The summed E-state index contributed by atoms with van der Waals surface area (Å²) >= 11 is 0. The lowest BCUT2D eigenvalue weighted by Gasteiger charge is -2.23. The third-order valence-corrected chi connectivity index (χ3v) is 9.90. The van der Waals surface area contributed by atoms with Crippen molar-refractivity contribution in [3.05, 3.63) is 141 Å². The minimum absolute atomic E-state index is 0.0592. The first-order valence-electron chi connectivity index (χ1n) is 16.9. The molecule has 2 N–H and O–H groups in total. The fraction of sp³-hybridized carbons (Fsp3) is 0.225. The van der Waals surface area contributed by atoms with Crippen LogP contribution < -0.4 is 10.6 Å². The average molecular weight is 755 g/mol. The van der Waals surface area contributed by atoms with Crippen molar-refractivity contribution in [2.75, 3.05) is 0 Å². The number of hydrogen-bond acceptors (Lipinski definition) is 5. The molecule has 276 valence electrons. The first-order valence-corrected chi connectivity index (χ1v) is 16.9. The number of benzene rings is 3. The van der Waals surface area contributed by atoms with Gasteiger partial charge in [0.25, 0.3) is 11.8 Å². The zero-order chi connectivity index (χ0) is 38.8. The molecule has 3 aliphatic rings. The first kappa shape index (κ1) is 35.5. The molecule has 55 heavy (non-hydrogen) atoms. The molecule has 0 radical (unpaired) electrons. The van der Waals surface area contributed by atoms with Crippen molar-refractivity contribution in [3.8, 4) is 29.0 Å². The number of nitrogens with zero attached hydrogens (tertiary/aromatic N) is 4. The number of alkyl halides is 5. The maximum atomic E-state index is 15.3. The van der Waals surface area contributed by atoms with Crippen LogP contribution in [0.15, 0.2) is 72.8 Å². The lowest BCUT2D eigenvalue weighted by atomic mass is 9.93. The quantitative estimate of drug-likeness (QED) is 0.137. The van der Waals surface area contributed by atoms with Gasteiger partial charge in [0.1, 0.15) is 29.6 Å². The van der Waals surface area contributed by atoms with Gasteiger partial charge >= 0.3 is 6.18 Å². The van der Waals surface area contributed by atoms with E-state index in [0.29, 0.717) is 45.1 Å². The number of fused-ring (bicyclic) bond motifs is 4. The van der Waals surface area contributed by atoms with Crippen LogP contribution in [0.1, 0.15) is 79.3 Å². The van der Waals surface area contributed by atoms with Crippen molar-refractivity contribution < 1.29 is 40.3 Å². The lowest BCUT2D eigenvalue weighted by Crippen LogP contribution is -2.35. The first-order chi connectivity index (χ1) is 26.2. The summed E-state index contributed by atoms with van der Waals surface area (Å²) in [7, 11) is 0. The fourth-order valence-electron chi connectivity index (χ4n) is 7.35. The molecular formula is C40H25F7N6O2. The van der Waals surface area contributed by atoms with Crippen LogP contribution in [0.25, 0.3) is 11.1 Å². The van der Waals surface area contributed by atoms with Gasteiger partial charge in [-0.1, -0.05) is 18.1 Å². The number of hydrogen-bond donors (Lipinski definition) is 2. The van der Waals surface area contributed by atoms with E-state index in [4.69, 9.17) is 10.2 Å². The van der Waals surface area contributed by atoms with E-state index in [2.05, 4.69) is 27.6 Å². The normalized spacial score (nSPS) is 17.9. The van der Waals surface area contributed by atoms with Gasteiger partial charge in [-0.3, -0.25) is 14.3 Å². The highest BCUT2D eigenvalue weighted by Crippen LogP contribution is 2.68. The third-order valence-electron chi connectivity index (χ3n) is 9.90. The highest BCUT2D eigenvalue weighted by molar-refractivity contribution is 5.99. The molecule has 1 fully saturated rings. The van der Waals surface area contributed by atoms with Gasteiger partial charge < -0.3 is 10.6 Å². The van der Waals surface area contributed by atoms with Crippen molar-refractivity contribution in [2.45, 2.75) is 50.0 Å². The molecule has 1 saturated carbocycles. The van der Waals surface area contributed by atoms with Crippen LogP contribution in [0, 0.1) is 40.7 Å². The molecule has 1 aliphatic heterocycles. The van der Waals surface area contributed by atoms with E-state index in [1.807, 2.05) is 6.07 Å². The van der Waals surface area contributed by atoms with E-state index >= 15 is 8.78 Å². The van der Waals surface area contributed by atoms with Gasteiger partial charge in [0, 0.05) is 40.8 Å². The Kier molecular flexibility index (Phi) is 8.48. The van der Waals surface area contributed by atoms with E-state index in [0.717, 1.165) is 17.7 Å². The van der Waals surface area contributed by atoms with Gasteiger partial charge in [-0.25, -0.2) is 13.8 Å². The zero-order valence-electron chi connectivity index (χ0n) is 28.2. The number of halogens is 7. The van der Waals surface area contributed by atoms with Crippen molar-refractivity contribution in [2.24, 2.45) is 5.92 Å². The van der Waals surface area contributed by atoms with Crippen LogP contribution in [0.2, 0.25) is 0 Å². The molecule has 0 spiro atoms. The summed E-state index contributed by atoms with van der Waals surface area (Å²) < 4.78 is 102. The maximum absolute atomic E-state index is 15.3. The summed E-state index contributed by atoms with van der Waals surface area (Å²) in [5.74, 6) is -3.35. The van der Waals surface area contributed by atoms with Gasteiger partial charge in [-0.15, -0.1) is 0 Å². The van der Waals surface area contributed by atoms with Gasteiger partial charge in [-0.2, -0.15) is 32.3 Å². The summed E-state index contributed by atoms with van der Waals surface area (Å²) in [5.41, 5.74) is 0.177. The standard InChI is InChI=1S/C40H25F7N6O2/c41-25-11-22(12-26(42)15-25)13-32(51-33(54)19-53-37-34(36(52-53)40(45,46)47)30-16-31(30)39(37,43)44)35-28(23-6-7-24-18-49-38(55)29(24)14-23)10-9-27(50-35)8-5-20-1-3-21(17-48)4-2-20/h1-4,6-7,9-12,14-15,30-32H,13,16,18-19H2,(H,49,55)(H,51,54)/t30-,31+,32-/m0/s1. The third kappa shape index (κ3) is 6.67. The van der Waals surface area contributed by atoms with Crippen molar-refractivity contribution >= 4 is 11.8 Å². The molecular weight excluding hydrogens is 729 g/mol. The van der Waals surface area contributed by atoms with Crippen molar-refractivity contribution in [1.82, 2.24) is 25.4 Å². The molecule has 2 aliphatic carbocycles. The molecule has 0 unspecified atom stereocenters. The number of rotatable bonds is 7. The van der Waals surface area contributed by atoms with Gasteiger partial charge in [0.15, 0.2) is 5.69 Å². The van der Waals surface area contributed by atoms with Crippen molar-refractivity contribution in [3.63, 3.8) is 0 Å². The minimum atomic E-state index is -5.05. The predicted octanol–water partition coefficient (Wildman–Crippen LogP) is 7.07. The Balaban J connectivity index is 1.22. The second-order valence-electron chi connectivity index (χ2n) is 13.6. The number of nitriles is 1. The highest BCUT2D eigenvalue weighted by atomic mass is 19.4. The van der Waals surface area contributed by atoms with Crippen molar-refractivity contribution in [1.29, 1.82) is 5.26 Å². The second-order valence-corrected chi connectivity index (χ2v) is 13.6. The van der Waals surface area contributed by atoms with Crippen LogP contribution in [-0.2, 0) is 36.4 Å². The molecule has 3 aromatic carbocycles. The lowest BCUT2D eigenvalue weighted by molar-refractivity contribution is -0.142. The fourth-order valence-corrected chi connectivity index (χ4v) is 7.35. The van der Waals surface area contributed by atoms with Crippen LogP contribution in [-0.4, -0.2) is 26.6 Å². The summed E-state index contributed by atoms with van der Waals surface area (Å²) in [6.45, 7) is -0.727. The molecule has 2 aromatic heterocycles. The number of pyridine rings is 1. The molecule has 15 heteroatoms. The van der Waals surface area contributed by atoms with E-state index < -0.39 is 71.0 Å². The molecule has 5 aromatic rings. The Hall–Kier alpha value is -6.48. The van der Waals surface area contributed by atoms with E-state index in [9.17, 15) is 31.5 Å². The summed E-state index contributed by atoms with van der Waals surface area (Å²) in [5, 5.41) is 18.0. The summed E-state index contributed by atoms with van der Waals surface area (Å²) in [6, 6.07) is 18.1. The maximum Gasteiger partial charge on any atom is 0.435 e. The number of amides is 2. The summed E-state index contributed by atoms with van der Waals surface area (Å²) in [4.78, 5) is 31.1. The Morgan fingerprint density at radius 2 is 1.71 bits per heavy atom. The molecule has 0 saturated heterocycles. The second kappa shape index (κ2) is 13.1. The van der Waals surface area contributed by atoms with Gasteiger partial charge in [0.05, 0.1) is 23.4 Å². The predicted molar refractivity (Wildman–Crippen MR) is 181 cm³/mol. The number of carbonyl (C=O) groups is 2.